The van der Waals surface area contributed by atoms with Crippen LogP contribution in [0.25, 0.3) is 0 Å². The van der Waals surface area contributed by atoms with Crippen LogP contribution >= 0.6 is 0 Å². The van der Waals surface area contributed by atoms with Gasteiger partial charge in [-0.1, -0.05) is 42.5 Å². The number of fused-ring (bicyclic) bond motifs is 2. The van der Waals surface area contributed by atoms with Crippen molar-refractivity contribution in [1.82, 2.24) is 4.98 Å². The molecule has 3 aromatic rings. The minimum Gasteiger partial charge on any atom is -0.383 e. The Hall–Kier alpha value is -3.60. The van der Waals surface area contributed by atoms with Crippen LogP contribution in [0.4, 0.5) is 5.69 Å². The second kappa shape index (κ2) is 7.33. The van der Waals surface area contributed by atoms with Gasteiger partial charge in [-0.05, 0) is 18.2 Å². The number of anilines is 1. The third-order valence-electron chi connectivity index (χ3n) is 4.42. The first-order valence-electron chi connectivity index (χ1n) is 8.72. The highest BCUT2D eigenvalue weighted by Gasteiger charge is 2.31. The third-order valence-corrected chi connectivity index (χ3v) is 4.42. The van der Waals surface area contributed by atoms with Crippen LogP contribution in [0.3, 0.4) is 0 Å². The predicted octanol–water partition coefficient (Wildman–Crippen LogP) is 3.39. The molecule has 0 spiro atoms. The maximum absolute atomic E-state index is 12.9. The largest absolute Gasteiger partial charge is 0.383 e. The van der Waals surface area contributed by atoms with Gasteiger partial charge >= 0.3 is 0 Å². The highest BCUT2D eigenvalue weighted by molar-refractivity contribution is 6.30. The minimum atomic E-state index is -0.125. The predicted molar refractivity (Wildman–Crippen MR) is 105 cm³/mol. The Morgan fingerprint density at radius 2 is 1.59 bits per heavy atom. The van der Waals surface area contributed by atoms with E-state index in [0.717, 1.165) is 5.69 Å². The average molecular weight is 355 g/mol. The smallest absolute Gasteiger partial charge is 0.196 e. The molecule has 0 aliphatic heterocycles. The molecular weight excluding hydrogens is 338 g/mol. The molecule has 27 heavy (non-hydrogen) atoms. The first-order valence-corrected chi connectivity index (χ1v) is 8.72. The monoisotopic (exact) mass is 355 g/mol. The van der Waals surface area contributed by atoms with Crippen LogP contribution in [0.15, 0.2) is 71.9 Å². The maximum Gasteiger partial charge on any atom is 0.196 e. The van der Waals surface area contributed by atoms with Gasteiger partial charge in [-0.15, -0.1) is 0 Å². The zero-order valence-electron chi connectivity index (χ0n) is 14.6. The number of pyridine rings is 1. The molecule has 1 N–H and O–H groups in total. The van der Waals surface area contributed by atoms with E-state index in [1.165, 1.54) is 0 Å². The van der Waals surface area contributed by atoms with E-state index >= 15 is 0 Å². The molecule has 0 amide bonds. The molecule has 0 bridgehead atoms. The van der Waals surface area contributed by atoms with Crippen molar-refractivity contribution < 1.29 is 9.59 Å². The fourth-order valence-corrected chi connectivity index (χ4v) is 3.16. The topological polar surface area (TPSA) is 71.4 Å². The Morgan fingerprint density at radius 3 is 2.37 bits per heavy atom. The highest BCUT2D eigenvalue weighted by Crippen LogP contribution is 2.31. The number of benzene rings is 2. The standard InChI is InChI=1S/C22H17N3O2/c26-21-16-7-1-2-8-17(16)22(27)20-18(21)9-5-10-19(20)25-13-12-23-14-15-6-3-4-11-24-15/h1-11,14,25H,12-13H2. The number of nitrogens with one attached hydrogen (secondary N) is 1. The van der Waals surface area contributed by atoms with Crippen LogP contribution in [0.1, 0.15) is 37.5 Å². The number of carbonyl (C=O) groups excluding carboxylic acids is 2. The van der Waals surface area contributed by atoms with Crippen LogP contribution in [-0.2, 0) is 0 Å². The fraction of sp³-hybridized carbons (Fsp3) is 0.0909. The second-order valence-corrected chi connectivity index (χ2v) is 6.15. The van der Waals surface area contributed by atoms with E-state index in [-0.39, 0.29) is 11.6 Å². The van der Waals surface area contributed by atoms with E-state index in [1.807, 2.05) is 24.3 Å². The molecule has 0 radical (unpaired) electrons. The summed E-state index contributed by atoms with van der Waals surface area (Å²) in [7, 11) is 0. The van der Waals surface area contributed by atoms with E-state index < -0.39 is 0 Å². The summed E-state index contributed by atoms with van der Waals surface area (Å²) >= 11 is 0. The summed E-state index contributed by atoms with van der Waals surface area (Å²) in [4.78, 5) is 34.2. The molecule has 5 nitrogen and oxygen atoms in total. The number of hydrogen-bond donors (Lipinski definition) is 1. The zero-order chi connectivity index (χ0) is 18.6. The van der Waals surface area contributed by atoms with Crippen molar-refractivity contribution in [1.29, 1.82) is 0 Å². The molecule has 0 saturated carbocycles. The van der Waals surface area contributed by atoms with E-state index in [0.29, 0.717) is 41.0 Å². The minimum absolute atomic E-state index is 0.114. The normalized spacial score (nSPS) is 12.7. The van der Waals surface area contributed by atoms with Crippen molar-refractivity contribution >= 4 is 23.5 Å². The number of ketones is 2. The SMILES string of the molecule is O=C1c2ccccc2C(=O)c2c(NCCN=Cc3ccccn3)cccc21. The Kier molecular flexibility index (Phi) is 4.58. The molecule has 1 aliphatic carbocycles. The van der Waals surface area contributed by atoms with Gasteiger partial charge in [0, 0.05) is 41.3 Å². The number of carbonyl (C=O) groups is 2. The van der Waals surface area contributed by atoms with Gasteiger partial charge in [-0.3, -0.25) is 19.6 Å². The number of rotatable bonds is 5. The van der Waals surface area contributed by atoms with Crippen molar-refractivity contribution in [2.75, 3.05) is 18.4 Å². The molecule has 5 heteroatoms. The molecule has 132 valence electrons. The lowest BCUT2D eigenvalue weighted by Gasteiger charge is -2.20. The van der Waals surface area contributed by atoms with Gasteiger partial charge in [0.15, 0.2) is 11.6 Å². The van der Waals surface area contributed by atoms with Gasteiger partial charge in [0.25, 0.3) is 0 Å². The molecule has 0 unspecified atom stereocenters. The number of hydrogen-bond acceptors (Lipinski definition) is 5. The Bertz CT molecular complexity index is 1040. The Morgan fingerprint density at radius 1 is 0.852 bits per heavy atom. The summed E-state index contributed by atoms with van der Waals surface area (Å²) < 4.78 is 0. The highest BCUT2D eigenvalue weighted by atomic mass is 16.1. The summed E-state index contributed by atoms with van der Waals surface area (Å²) in [5.41, 5.74) is 3.26. The van der Waals surface area contributed by atoms with Crippen LogP contribution in [0, 0.1) is 0 Å². The first kappa shape index (κ1) is 16.8. The summed E-state index contributed by atoms with van der Waals surface area (Å²) in [5, 5.41) is 3.23. The number of aromatic nitrogens is 1. The lowest BCUT2D eigenvalue weighted by Crippen LogP contribution is -2.22. The van der Waals surface area contributed by atoms with Gasteiger partial charge in [0.2, 0.25) is 0 Å². The quantitative estimate of drug-likeness (QED) is 0.440. The van der Waals surface area contributed by atoms with Gasteiger partial charge in [-0.25, -0.2) is 0 Å². The molecular formula is C22H17N3O2. The van der Waals surface area contributed by atoms with Crippen molar-refractivity contribution in [2.45, 2.75) is 0 Å². The van der Waals surface area contributed by atoms with Crippen molar-refractivity contribution in [2.24, 2.45) is 4.99 Å². The molecule has 0 atom stereocenters. The lowest BCUT2D eigenvalue weighted by molar-refractivity contribution is 0.0979. The van der Waals surface area contributed by atoms with E-state index in [9.17, 15) is 9.59 Å². The number of nitrogens with zero attached hydrogens (tertiary/aromatic N) is 2. The van der Waals surface area contributed by atoms with Crippen LogP contribution in [0.5, 0.6) is 0 Å². The molecule has 0 fully saturated rings. The maximum atomic E-state index is 12.9. The van der Waals surface area contributed by atoms with Crippen LogP contribution < -0.4 is 5.32 Å². The van der Waals surface area contributed by atoms with Gasteiger partial charge < -0.3 is 5.32 Å². The third kappa shape index (κ3) is 3.27. The van der Waals surface area contributed by atoms with Crippen LogP contribution in [0.2, 0.25) is 0 Å². The van der Waals surface area contributed by atoms with E-state index in [2.05, 4.69) is 15.3 Å². The molecule has 4 rings (SSSR count). The summed E-state index contributed by atoms with van der Waals surface area (Å²) in [6, 6.07) is 17.9. The van der Waals surface area contributed by atoms with E-state index in [1.54, 1.807) is 48.8 Å². The molecule has 1 aliphatic rings. The Labute approximate surface area is 156 Å². The van der Waals surface area contributed by atoms with E-state index in [4.69, 9.17) is 0 Å². The van der Waals surface area contributed by atoms with Gasteiger partial charge in [0.1, 0.15) is 0 Å². The summed E-state index contributed by atoms with van der Waals surface area (Å²) in [6.45, 7) is 1.07. The van der Waals surface area contributed by atoms with Crippen LogP contribution in [-0.4, -0.2) is 35.9 Å². The second-order valence-electron chi connectivity index (χ2n) is 6.15. The lowest BCUT2D eigenvalue weighted by atomic mass is 9.83. The number of aliphatic imine (C=N–C) groups is 1. The van der Waals surface area contributed by atoms with Crippen molar-refractivity contribution in [3.8, 4) is 0 Å². The average Bonchev–Trinajstić information content (AvgIpc) is 2.72. The molecule has 2 aromatic carbocycles. The Balaban J connectivity index is 1.51. The fourth-order valence-electron chi connectivity index (χ4n) is 3.16. The first-order chi connectivity index (χ1) is 13.3. The molecule has 0 saturated heterocycles. The van der Waals surface area contributed by atoms with Crippen molar-refractivity contribution in [3.05, 3.63) is 94.8 Å². The van der Waals surface area contributed by atoms with Gasteiger partial charge in [0.05, 0.1) is 17.8 Å². The van der Waals surface area contributed by atoms with Gasteiger partial charge in [-0.2, -0.15) is 0 Å². The van der Waals surface area contributed by atoms with Crippen molar-refractivity contribution in [3.63, 3.8) is 0 Å². The zero-order valence-corrected chi connectivity index (χ0v) is 14.6. The molecule has 1 aromatic heterocycles. The summed E-state index contributed by atoms with van der Waals surface area (Å²) in [5.74, 6) is -0.239. The molecule has 1 heterocycles. The summed E-state index contributed by atoms with van der Waals surface area (Å²) in [6.07, 6.45) is 3.43.